The van der Waals surface area contributed by atoms with Crippen molar-refractivity contribution in [3.63, 3.8) is 0 Å². The summed E-state index contributed by atoms with van der Waals surface area (Å²) in [5, 5.41) is 12.1. The zero-order chi connectivity index (χ0) is 19.6. The number of aliphatic hydroxyl groups is 1. The maximum Gasteiger partial charge on any atom is 0.336 e. The van der Waals surface area contributed by atoms with E-state index in [2.05, 4.69) is 5.32 Å². The van der Waals surface area contributed by atoms with E-state index in [0.29, 0.717) is 35.4 Å². The van der Waals surface area contributed by atoms with Gasteiger partial charge in [-0.3, -0.25) is 4.79 Å². The average Bonchev–Trinajstić information content (AvgIpc) is 2.58. The molecule has 0 radical (unpaired) electrons. The zero-order valence-corrected chi connectivity index (χ0v) is 15.9. The molecule has 2 heterocycles. The molecule has 0 atom stereocenters. The van der Waals surface area contributed by atoms with Crippen molar-refractivity contribution in [1.82, 2.24) is 5.32 Å². The quantitative estimate of drug-likeness (QED) is 0.593. The van der Waals surface area contributed by atoms with Gasteiger partial charge in [0.15, 0.2) is 6.61 Å². The van der Waals surface area contributed by atoms with Crippen LogP contribution in [-0.2, 0) is 11.2 Å². The van der Waals surface area contributed by atoms with Crippen molar-refractivity contribution in [2.75, 3.05) is 19.8 Å². The van der Waals surface area contributed by atoms with Crippen molar-refractivity contribution in [3.05, 3.63) is 33.7 Å². The second-order valence-electron chi connectivity index (χ2n) is 7.38. The van der Waals surface area contributed by atoms with E-state index in [9.17, 15) is 9.59 Å². The molecule has 0 fully saturated rings. The molecule has 1 aliphatic heterocycles. The number of fused-ring (bicyclic) bond motifs is 3. The average molecular weight is 375 g/mol. The third-order valence-electron chi connectivity index (χ3n) is 4.62. The van der Waals surface area contributed by atoms with Crippen LogP contribution in [0.2, 0.25) is 0 Å². The monoisotopic (exact) mass is 375 g/mol. The second kappa shape index (κ2) is 7.60. The van der Waals surface area contributed by atoms with Crippen molar-refractivity contribution in [2.45, 2.75) is 45.6 Å². The number of aliphatic hydroxyl groups excluding tert-OH is 1. The molecule has 0 saturated carbocycles. The third-order valence-corrected chi connectivity index (χ3v) is 4.62. The fraction of sp³-hybridized carbons (Fsp3) is 0.500. The van der Waals surface area contributed by atoms with Gasteiger partial charge in [0.1, 0.15) is 22.7 Å². The Labute approximate surface area is 157 Å². The molecule has 2 aromatic rings. The number of benzene rings is 1. The predicted molar refractivity (Wildman–Crippen MR) is 100 cm³/mol. The van der Waals surface area contributed by atoms with Crippen molar-refractivity contribution >= 4 is 16.9 Å². The molecule has 0 unspecified atom stereocenters. The number of nitrogens with one attached hydrogen (secondary N) is 1. The lowest BCUT2D eigenvalue weighted by atomic mass is 9.92. The molecule has 1 aromatic heterocycles. The summed E-state index contributed by atoms with van der Waals surface area (Å²) in [5.41, 5.74) is 1.29. The number of hydrogen-bond donors (Lipinski definition) is 2. The van der Waals surface area contributed by atoms with Crippen LogP contribution in [0, 0.1) is 6.92 Å². The first kappa shape index (κ1) is 19.2. The SMILES string of the molecule is Cc1cc(=O)oc2c3c(cc(OCC(=O)NCCCO)c12)OC(C)(C)CC3. The summed E-state index contributed by atoms with van der Waals surface area (Å²) >= 11 is 0. The van der Waals surface area contributed by atoms with Crippen LogP contribution in [0.1, 0.15) is 37.8 Å². The minimum absolute atomic E-state index is 0.0158. The number of carbonyl (C=O) groups is 1. The van der Waals surface area contributed by atoms with Gasteiger partial charge in [0.2, 0.25) is 0 Å². The molecule has 0 saturated heterocycles. The Balaban J connectivity index is 1.97. The Kier molecular flexibility index (Phi) is 5.41. The summed E-state index contributed by atoms with van der Waals surface area (Å²) < 4.78 is 17.3. The van der Waals surface area contributed by atoms with Crippen LogP contribution in [0.25, 0.3) is 11.0 Å². The first-order valence-corrected chi connectivity index (χ1v) is 9.10. The second-order valence-corrected chi connectivity index (χ2v) is 7.38. The standard InChI is InChI=1S/C20H25NO6/c1-12-9-17(24)26-19-13-5-6-20(2,3)27-14(13)10-15(18(12)19)25-11-16(23)21-7-4-8-22/h9-10,22H,4-8,11H2,1-3H3,(H,21,23). The topological polar surface area (TPSA) is 98.0 Å². The van der Waals surface area contributed by atoms with Gasteiger partial charge >= 0.3 is 5.63 Å². The molecule has 1 amide bonds. The summed E-state index contributed by atoms with van der Waals surface area (Å²) in [6.45, 7) is 6.04. The predicted octanol–water partition coefficient (Wildman–Crippen LogP) is 2.08. The first-order valence-electron chi connectivity index (χ1n) is 9.10. The van der Waals surface area contributed by atoms with Gasteiger partial charge in [0.25, 0.3) is 5.91 Å². The normalized spacial score (nSPS) is 15.1. The van der Waals surface area contributed by atoms with Crippen LogP contribution >= 0.6 is 0 Å². The Morgan fingerprint density at radius 1 is 1.37 bits per heavy atom. The van der Waals surface area contributed by atoms with Gasteiger partial charge in [0.05, 0.1) is 5.39 Å². The molecular weight excluding hydrogens is 350 g/mol. The number of amides is 1. The number of ether oxygens (including phenoxy) is 2. The molecular formula is C20H25NO6. The van der Waals surface area contributed by atoms with Crippen molar-refractivity contribution in [3.8, 4) is 11.5 Å². The third kappa shape index (κ3) is 4.24. The fourth-order valence-electron chi connectivity index (χ4n) is 3.24. The molecule has 7 nitrogen and oxygen atoms in total. The molecule has 146 valence electrons. The minimum atomic E-state index is -0.425. The largest absolute Gasteiger partial charge is 0.487 e. The van der Waals surface area contributed by atoms with Crippen LogP contribution in [-0.4, -0.2) is 36.4 Å². The van der Waals surface area contributed by atoms with E-state index in [1.165, 1.54) is 6.07 Å². The van der Waals surface area contributed by atoms with E-state index in [1.807, 2.05) is 20.8 Å². The number of aryl methyl sites for hydroxylation is 2. The molecule has 1 aromatic carbocycles. The Morgan fingerprint density at radius 3 is 2.89 bits per heavy atom. The number of carbonyl (C=O) groups excluding carboxylic acids is 1. The highest BCUT2D eigenvalue weighted by Crippen LogP contribution is 2.42. The Bertz CT molecular complexity index is 915. The van der Waals surface area contributed by atoms with E-state index in [4.69, 9.17) is 19.0 Å². The van der Waals surface area contributed by atoms with Crippen LogP contribution in [0.5, 0.6) is 11.5 Å². The van der Waals surface area contributed by atoms with Gasteiger partial charge in [-0.1, -0.05) is 0 Å². The Morgan fingerprint density at radius 2 is 2.15 bits per heavy atom. The highest BCUT2D eigenvalue weighted by atomic mass is 16.5. The summed E-state index contributed by atoms with van der Waals surface area (Å²) in [7, 11) is 0. The molecule has 27 heavy (non-hydrogen) atoms. The summed E-state index contributed by atoms with van der Waals surface area (Å²) in [6.07, 6.45) is 2.02. The molecule has 1 aliphatic rings. The van der Waals surface area contributed by atoms with Crippen LogP contribution < -0.4 is 20.4 Å². The highest BCUT2D eigenvalue weighted by Gasteiger charge is 2.30. The molecule has 2 N–H and O–H groups in total. The molecule has 7 heteroatoms. The van der Waals surface area contributed by atoms with Crippen molar-refractivity contribution in [2.24, 2.45) is 0 Å². The van der Waals surface area contributed by atoms with E-state index < -0.39 is 5.63 Å². The van der Waals surface area contributed by atoms with E-state index >= 15 is 0 Å². The molecule has 0 spiro atoms. The first-order chi connectivity index (χ1) is 12.8. The fourth-order valence-corrected chi connectivity index (χ4v) is 3.24. The van der Waals surface area contributed by atoms with E-state index in [-0.39, 0.29) is 24.7 Å². The summed E-state index contributed by atoms with van der Waals surface area (Å²) in [6, 6.07) is 3.18. The lowest BCUT2D eigenvalue weighted by Crippen LogP contribution is -2.33. The van der Waals surface area contributed by atoms with E-state index in [0.717, 1.165) is 24.0 Å². The van der Waals surface area contributed by atoms with Crippen LogP contribution in [0.3, 0.4) is 0 Å². The Hall–Kier alpha value is -2.54. The van der Waals surface area contributed by atoms with E-state index in [1.54, 1.807) is 6.07 Å². The molecule has 3 rings (SSSR count). The van der Waals surface area contributed by atoms with Gasteiger partial charge in [-0.05, 0) is 45.6 Å². The van der Waals surface area contributed by atoms with Crippen molar-refractivity contribution in [1.29, 1.82) is 0 Å². The van der Waals surface area contributed by atoms with Crippen LogP contribution in [0.15, 0.2) is 21.3 Å². The smallest absolute Gasteiger partial charge is 0.336 e. The maximum absolute atomic E-state index is 11.9. The van der Waals surface area contributed by atoms with Gasteiger partial charge in [0, 0.05) is 30.8 Å². The summed E-state index contributed by atoms with van der Waals surface area (Å²) in [5.74, 6) is 0.772. The maximum atomic E-state index is 11.9. The van der Waals surface area contributed by atoms with Gasteiger partial charge in [-0.25, -0.2) is 4.79 Å². The van der Waals surface area contributed by atoms with Gasteiger partial charge in [-0.2, -0.15) is 0 Å². The summed E-state index contributed by atoms with van der Waals surface area (Å²) in [4.78, 5) is 23.8. The zero-order valence-electron chi connectivity index (χ0n) is 15.9. The highest BCUT2D eigenvalue weighted by molar-refractivity contribution is 5.91. The number of rotatable bonds is 6. The van der Waals surface area contributed by atoms with Crippen LogP contribution in [0.4, 0.5) is 0 Å². The number of hydrogen-bond acceptors (Lipinski definition) is 6. The van der Waals surface area contributed by atoms with Gasteiger partial charge < -0.3 is 24.3 Å². The van der Waals surface area contributed by atoms with Crippen molar-refractivity contribution < 1.29 is 23.8 Å². The molecule has 0 bridgehead atoms. The lowest BCUT2D eigenvalue weighted by molar-refractivity contribution is -0.123. The lowest BCUT2D eigenvalue weighted by Gasteiger charge is -2.33. The minimum Gasteiger partial charge on any atom is -0.487 e. The van der Waals surface area contributed by atoms with Gasteiger partial charge in [-0.15, -0.1) is 0 Å². The molecule has 0 aliphatic carbocycles.